The lowest BCUT2D eigenvalue weighted by atomic mass is 10.1. The minimum absolute atomic E-state index is 0. The van der Waals surface area contributed by atoms with E-state index >= 15 is 0 Å². The van der Waals surface area contributed by atoms with Crippen molar-refractivity contribution in [3.63, 3.8) is 0 Å². The van der Waals surface area contributed by atoms with Gasteiger partial charge in [0.2, 0.25) is 11.8 Å². The number of nitrogens with two attached hydrogens (primary N) is 1. The Morgan fingerprint density at radius 2 is 1.96 bits per heavy atom. The molecular formula is C16H26ClN3O3. The van der Waals surface area contributed by atoms with E-state index in [-0.39, 0.29) is 36.7 Å². The fourth-order valence-corrected chi connectivity index (χ4v) is 1.71. The molecule has 0 bridgehead atoms. The van der Waals surface area contributed by atoms with E-state index < -0.39 is 6.04 Å². The predicted octanol–water partition coefficient (Wildman–Crippen LogP) is 1.01. The van der Waals surface area contributed by atoms with Crippen LogP contribution in [0.5, 0.6) is 5.75 Å². The van der Waals surface area contributed by atoms with Crippen LogP contribution < -0.4 is 21.1 Å². The topological polar surface area (TPSA) is 93.5 Å². The molecule has 0 aliphatic carbocycles. The second-order valence-electron chi connectivity index (χ2n) is 5.50. The zero-order chi connectivity index (χ0) is 16.5. The molecule has 0 saturated carbocycles. The van der Waals surface area contributed by atoms with Crippen LogP contribution in [0.25, 0.3) is 0 Å². The van der Waals surface area contributed by atoms with Crippen molar-refractivity contribution in [3.8, 4) is 5.75 Å². The molecule has 0 radical (unpaired) electrons. The Hall–Kier alpha value is -1.79. The van der Waals surface area contributed by atoms with Crippen LogP contribution in [0.4, 0.5) is 0 Å². The van der Waals surface area contributed by atoms with E-state index in [1.165, 1.54) is 0 Å². The number of aryl methyl sites for hydroxylation is 1. The number of rotatable bonds is 8. The summed E-state index contributed by atoms with van der Waals surface area (Å²) in [5.74, 6) is 0.217. The van der Waals surface area contributed by atoms with E-state index in [4.69, 9.17) is 10.5 Å². The van der Waals surface area contributed by atoms with Crippen molar-refractivity contribution >= 4 is 24.2 Å². The maximum atomic E-state index is 11.6. The molecule has 1 atom stereocenters. The predicted molar refractivity (Wildman–Crippen MR) is 92.8 cm³/mol. The van der Waals surface area contributed by atoms with Gasteiger partial charge in [-0.2, -0.15) is 0 Å². The zero-order valence-corrected chi connectivity index (χ0v) is 14.6. The van der Waals surface area contributed by atoms with Gasteiger partial charge in [-0.15, -0.1) is 12.4 Å². The standard InChI is InChI=1S/C16H25N3O3.ClH/c1-11(2)15(17)16(21)19-10-14(20)18-7-8-22-13-6-4-5-12(3)9-13;/h4-6,9,11,15H,7-8,10,17H2,1-3H3,(H,18,20)(H,19,21);1H/t15-;/m0./s1. The van der Waals surface area contributed by atoms with Gasteiger partial charge in [-0.3, -0.25) is 9.59 Å². The number of hydrogen-bond donors (Lipinski definition) is 3. The summed E-state index contributed by atoms with van der Waals surface area (Å²) in [7, 11) is 0. The maximum Gasteiger partial charge on any atom is 0.239 e. The van der Waals surface area contributed by atoms with Gasteiger partial charge in [0.1, 0.15) is 12.4 Å². The molecule has 0 spiro atoms. The lowest BCUT2D eigenvalue weighted by Gasteiger charge is -2.15. The molecule has 4 N–H and O–H groups in total. The highest BCUT2D eigenvalue weighted by Crippen LogP contribution is 2.11. The first-order chi connectivity index (χ1) is 10.4. The summed E-state index contributed by atoms with van der Waals surface area (Å²) in [6, 6.07) is 7.09. The number of benzene rings is 1. The van der Waals surface area contributed by atoms with Crippen LogP contribution in [0.3, 0.4) is 0 Å². The van der Waals surface area contributed by atoms with Crippen LogP contribution in [0.2, 0.25) is 0 Å². The van der Waals surface area contributed by atoms with Crippen molar-refractivity contribution in [2.24, 2.45) is 11.7 Å². The third kappa shape index (κ3) is 8.42. The van der Waals surface area contributed by atoms with Gasteiger partial charge >= 0.3 is 0 Å². The maximum absolute atomic E-state index is 11.6. The molecule has 7 heteroatoms. The molecule has 0 fully saturated rings. The first-order valence-corrected chi connectivity index (χ1v) is 7.39. The summed E-state index contributed by atoms with van der Waals surface area (Å²) >= 11 is 0. The van der Waals surface area contributed by atoms with Crippen LogP contribution in [-0.4, -0.2) is 37.6 Å². The van der Waals surface area contributed by atoms with Gasteiger partial charge in [0, 0.05) is 0 Å². The first kappa shape index (κ1) is 21.2. The van der Waals surface area contributed by atoms with Crippen molar-refractivity contribution in [1.29, 1.82) is 0 Å². The highest BCUT2D eigenvalue weighted by molar-refractivity contribution is 5.87. The number of carbonyl (C=O) groups excluding carboxylic acids is 2. The quantitative estimate of drug-likeness (QED) is 0.614. The Morgan fingerprint density at radius 3 is 2.57 bits per heavy atom. The molecular weight excluding hydrogens is 318 g/mol. The third-order valence-corrected chi connectivity index (χ3v) is 3.13. The monoisotopic (exact) mass is 343 g/mol. The molecule has 2 amide bonds. The van der Waals surface area contributed by atoms with Crippen LogP contribution in [-0.2, 0) is 9.59 Å². The molecule has 1 aromatic carbocycles. The molecule has 130 valence electrons. The number of halogens is 1. The number of hydrogen-bond acceptors (Lipinski definition) is 4. The average Bonchev–Trinajstić information content (AvgIpc) is 2.48. The van der Waals surface area contributed by atoms with E-state index in [9.17, 15) is 9.59 Å². The molecule has 1 rings (SSSR count). The third-order valence-electron chi connectivity index (χ3n) is 3.13. The SMILES string of the molecule is Cc1cccc(OCCNC(=O)CNC(=O)[C@@H](N)C(C)C)c1.Cl. The fraction of sp³-hybridized carbons (Fsp3) is 0.500. The average molecular weight is 344 g/mol. The molecule has 0 aliphatic heterocycles. The second-order valence-corrected chi connectivity index (χ2v) is 5.50. The largest absolute Gasteiger partial charge is 0.492 e. The van der Waals surface area contributed by atoms with Gasteiger partial charge in [-0.25, -0.2) is 0 Å². The Balaban J connectivity index is 0.00000484. The zero-order valence-electron chi connectivity index (χ0n) is 13.8. The summed E-state index contributed by atoms with van der Waals surface area (Å²) < 4.78 is 5.51. The van der Waals surface area contributed by atoms with Crippen molar-refractivity contribution in [3.05, 3.63) is 29.8 Å². The van der Waals surface area contributed by atoms with E-state index in [0.29, 0.717) is 13.2 Å². The number of amides is 2. The van der Waals surface area contributed by atoms with Gasteiger partial charge in [-0.05, 0) is 30.5 Å². The molecule has 1 aromatic rings. The van der Waals surface area contributed by atoms with Crippen LogP contribution in [0.15, 0.2) is 24.3 Å². The number of ether oxygens (including phenoxy) is 1. The Kier molecular flexibility index (Phi) is 10.0. The summed E-state index contributed by atoms with van der Waals surface area (Å²) in [5, 5.41) is 5.18. The Morgan fingerprint density at radius 1 is 1.26 bits per heavy atom. The van der Waals surface area contributed by atoms with E-state index in [1.54, 1.807) is 0 Å². The van der Waals surface area contributed by atoms with Crippen LogP contribution in [0.1, 0.15) is 19.4 Å². The van der Waals surface area contributed by atoms with Crippen molar-refractivity contribution in [2.75, 3.05) is 19.7 Å². The van der Waals surface area contributed by atoms with E-state index in [1.807, 2.05) is 45.0 Å². The van der Waals surface area contributed by atoms with E-state index in [0.717, 1.165) is 11.3 Å². The van der Waals surface area contributed by atoms with Gasteiger partial charge < -0.3 is 21.1 Å². The summed E-state index contributed by atoms with van der Waals surface area (Å²) in [6.45, 7) is 6.36. The molecule has 6 nitrogen and oxygen atoms in total. The molecule has 0 saturated heterocycles. The molecule has 0 aliphatic rings. The lowest BCUT2D eigenvalue weighted by Crippen LogP contribution is -2.47. The second kappa shape index (κ2) is 10.9. The lowest BCUT2D eigenvalue weighted by molar-refractivity contribution is -0.127. The summed E-state index contributed by atoms with van der Waals surface area (Å²) in [6.07, 6.45) is 0. The van der Waals surface area contributed by atoms with Gasteiger partial charge in [0.15, 0.2) is 0 Å². The normalized spacial score (nSPS) is 11.3. The molecule has 0 heterocycles. The number of carbonyl (C=O) groups is 2. The minimum Gasteiger partial charge on any atom is -0.492 e. The Labute approximate surface area is 143 Å². The number of nitrogens with one attached hydrogen (secondary N) is 2. The molecule has 0 unspecified atom stereocenters. The van der Waals surface area contributed by atoms with Crippen molar-refractivity contribution in [1.82, 2.24) is 10.6 Å². The van der Waals surface area contributed by atoms with Gasteiger partial charge in [-0.1, -0.05) is 26.0 Å². The smallest absolute Gasteiger partial charge is 0.239 e. The molecule has 0 aromatic heterocycles. The van der Waals surface area contributed by atoms with Gasteiger partial charge in [0.05, 0.1) is 19.1 Å². The minimum atomic E-state index is -0.600. The fourth-order valence-electron chi connectivity index (χ4n) is 1.71. The van der Waals surface area contributed by atoms with Crippen LogP contribution in [0, 0.1) is 12.8 Å². The molecule has 23 heavy (non-hydrogen) atoms. The van der Waals surface area contributed by atoms with E-state index in [2.05, 4.69) is 10.6 Å². The van der Waals surface area contributed by atoms with Crippen molar-refractivity contribution < 1.29 is 14.3 Å². The summed E-state index contributed by atoms with van der Waals surface area (Å²) in [4.78, 5) is 23.2. The van der Waals surface area contributed by atoms with Crippen LogP contribution >= 0.6 is 12.4 Å². The summed E-state index contributed by atoms with van der Waals surface area (Å²) in [5.41, 5.74) is 6.80. The Bertz CT molecular complexity index is 509. The first-order valence-electron chi connectivity index (χ1n) is 7.39. The highest BCUT2D eigenvalue weighted by atomic mass is 35.5. The highest BCUT2D eigenvalue weighted by Gasteiger charge is 2.17. The van der Waals surface area contributed by atoms with Gasteiger partial charge in [0.25, 0.3) is 0 Å². The van der Waals surface area contributed by atoms with Crippen molar-refractivity contribution in [2.45, 2.75) is 26.8 Å².